The standard InChI is InChI=1S/C20H17Cl3N4O2S/c1-2-10-27-17(11-29-16-9-4-3-6-13(16)21)25-26-20(27)30-12-18(28)24-19-14(22)7-5-8-15(19)23/h2-9H,1,10-12H2,(H,24,28). The predicted octanol–water partition coefficient (Wildman–Crippen LogP) is 5.73. The maximum absolute atomic E-state index is 12.3. The lowest BCUT2D eigenvalue weighted by molar-refractivity contribution is -0.113. The molecule has 0 unspecified atom stereocenters. The molecule has 1 heterocycles. The summed E-state index contributed by atoms with van der Waals surface area (Å²) in [6.45, 7) is 4.40. The van der Waals surface area contributed by atoms with Crippen LogP contribution in [0.5, 0.6) is 5.75 Å². The molecule has 3 rings (SSSR count). The first-order valence-corrected chi connectivity index (χ1v) is 10.9. The van der Waals surface area contributed by atoms with Crippen LogP contribution >= 0.6 is 46.6 Å². The Morgan fingerprint density at radius 1 is 1.10 bits per heavy atom. The number of hydrogen-bond donors (Lipinski definition) is 1. The molecule has 0 aliphatic rings. The fourth-order valence-electron chi connectivity index (χ4n) is 2.47. The second-order valence-electron chi connectivity index (χ2n) is 5.95. The molecule has 2 aromatic carbocycles. The van der Waals surface area contributed by atoms with Gasteiger partial charge in [0.2, 0.25) is 5.91 Å². The summed E-state index contributed by atoms with van der Waals surface area (Å²) in [5, 5.41) is 12.9. The molecule has 30 heavy (non-hydrogen) atoms. The summed E-state index contributed by atoms with van der Waals surface area (Å²) in [5.41, 5.74) is 0.382. The van der Waals surface area contributed by atoms with Crippen molar-refractivity contribution >= 4 is 58.2 Å². The minimum Gasteiger partial charge on any atom is -0.484 e. The van der Waals surface area contributed by atoms with E-state index in [1.807, 2.05) is 16.7 Å². The number of thioether (sulfide) groups is 1. The number of halogens is 3. The number of nitrogens with zero attached hydrogens (tertiary/aromatic N) is 3. The third-order valence-corrected chi connectivity index (χ3v) is 5.77. The summed E-state index contributed by atoms with van der Waals surface area (Å²) < 4.78 is 7.57. The van der Waals surface area contributed by atoms with Gasteiger partial charge < -0.3 is 10.1 Å². The first kappa shape index (κ1) is 22.5. The Balaban J connectivity index is 1.65. The van der Waals surface area contributed by atoms with E-state index < -0.39 is 0 Å². The zero-order chi connectivity index (χ0) is 21.5. The van der Waals surface area contributed by atoms with Crippen LogP contribution in [-0.4, -0.2) is 26.4 Å². The Kier molecular flexibility index (Phi) is 8.04. The Morgan fingerprint density at radius 2 is 1.80 bits per heavy atom. The zero-order valence-electron chi connectivity index (χ0n) is 15.6. The van der Waals surface area contributed by atoms with Gasteiger partial charge in [-0.05, 0) is 24.3 Å². The summed E-state index contributed by atoms with van der Waals surface area (Å²) >= 11 is 19.5. The third-order valence-electron chi connectivity index (χ3n) is 3.86. The third kappa shape index (κ3) is 5.70. The number of hydrogen-bond acceptors (Lipinski definition) is 5. The first-order valence-electron chi connectivity index (χ1n) is 8.76. The first-order chi connectivity index (χ1) is 14.5. The maximum atomic E-state index is 12.3. The summed E-state index contributed by atoms with van der Waals surface area (Å²) in [5.74, 6) is 0.976. The van der Waals surface area contributed by atoms with Gasteiger partial charge in [-0.2, -0.15) is 0 Å². The van der Waals surface area contributed by atoms with Crippen molar-refractivity contribution in [2.24, 2.45) is 0 Å². The van der Waals surface area contributed by atoms with Gasteiger partial charge in [0.15, 0.2) is 11.0 Å². The Bertz CT molecular complexity index is 1040. The highest BCUT2D eigenvalue weighted by Gasteiger charge is 2.16. The van der Waals surface area contributed by atoms with E-state index in [0.717, 1.165) is 0 Å². The van der Waals surface area contributed by atoms with E-state index in [9.17, 15) is 4.79 Å². The molecule has 0 saturated carbocycles. The molecule has 0 fully saturated rings. The van der Waals surface area contributed by atoms with Crippen LogP contribution in [0.15, 0.2) is 60.3 Å². The number of allylic oxidation sites excluding steroid dienone is 1. The van der Waals surface area contributed by atoms with Crippen molar-refractivity contribution < 1.29 is 9.53 Å². The number of benzene rings is 2. The Hall–Kier alpha value is -2.19. The molecule has 3 aromatic rings. The minimum atomic E-state index is -0.267. The summed E-state index contributed by atoms with van der Waals surface area (Å²) in [7, 11) is 0. The number of ether oxygens (including phenoxy) is 1. The average Bonchev–Trinajstić information content (AvgIpc) is 3.11. The van der Waals surface area contributed by atoms with E-state index in [1.165, 1.54) is 11.8 Å². The largest absolute Gasteiger partial charge is 0.484 e. The van der Waals surface area contributed by atoms with Gasteiger partial charge in [0.1, 0.15) is 12.4 Å². The van der Waals surface area contributed by atoms with Crippen molar-refractivity contribution in [2.75, 3.05) is 11.1 Å². The molecule has 1 aromatic heterocycles. The number of carbonyl (C=O) groups excluding carboxylic acids is 1. The van der Waals surface area contributed by atoms with Crippen molar-refractivity contribution in [2.45, 2.75) is 18.3 Å². The molecule has 10 heteroatoms. The monoisotopic (exact) mass is 482 g/mol. The normalized spacial score (nSPS) is 10.6. The number of nitrogens with one attached hydrogen (secondary N) is 1. The van der Waals surface area contributed by atoms with Gasteiger partial charge in [-0.1, -0.05) is 70.8 Å². The SMILES string of the molecule is C=CCn1c(COc2ccccc2Cl)nnc1SCC(=O)Nc1c(Cl)cccc1Cl. The van der Waals surface area contributed by atoms with Gasteiger partial charge in [-0.25, -0.2) is 0 Å². The maximum Gasteiger partial charge on any atom is 0.234 e. The van der Waals surface area contributed by atoms with Gasteiger partial charge in [-0.15, -0.1) is 16.8 Å². The molecule has 1 amide bonds. The number of aromatic nitrogens is 3. The number of anilines is 1. The van der Waals surface area contributed by atoms with Crippen LogP contribution in [0.25, 0.3) is 0 Å². The second-order valence-corrected chi connectivity index (χ2v) is 8.11. The lowest BCUT2D eigenvalue weighted by Crippen LogP contribution is -2.15. The van der Waals surface area contributed by atoms with Crippen LogP contribution in [0, 0.1) is 0 Å². The molecule has 0 radical (unpaired) electrons. The van der Waals surface area contributed by atoms with E-state index in [1.54, 1.807) is 36.4 Å². The van der Waals surface area contributed by atoms with Gasteiger partial charge in [-0.3, -0.25) is 9.36 Å². The molecule has 0 saturated heterocycles. The number of para-hydroxylation sites is 2. The molecule has 6 nitrogen and oxygen atoms in total. The van der Waals surface area contributed by atoms with Crippen LogP contribution in [0.4, 0.5) is 5.69 Å². The van der Waals surface area contributed by atoms with Crippen molar-refractivity contribution in [3.63, 3.8) is 0 Å². The van der Waals surface area contributed by atoms with E-state index in [2.05, 4.69) is 22.1 Å². The van der Waals surface area contributed by atoms with E-state index in [0.29, 0.717) is 44.0 Å². The minimum absolute atomic E-state index is 0.0994. The molecule has 0 aliphatic heterocycles. The zero-order valence-corrected chi connectivity index (χ0v) is 18.7. The fourth-order valence-corrected chi connectivity index (χ4v) is 3.92. The highest BCUT2D eigenvalue weighted by Crippen LogP contribution is 2.30. The van der Waals surface area contributed by atoms with Crippen molar-refractivity contribution in [3.05, 3.63) is 76.0 Å². The Morgan fingerprint density at radius 3 is 2.50 bits per heavy atom. The van der Waals surface area contributed by atoms with Gasteiger partial charge in [0.25, 0.3) is 0 Å². The van der Waals surface area contributed by atoms with Gasteiger partial charge in [0, 0.05) is 6.54 Å². The topological polar surface area (TPSA) is 69.0 Å². The van der Waals surface area contributed by atoms with Crippen LogP contribution in [0.3, 0.4) is 0 Å². The van der Waals surface area contributed by atoms with Crippen molar-refractivity contribution in [3.8, 4) is 5.75 Å². The van der Waals surface area contributed by atoms with Crippen LogP contribution in [-0.2, 0) is 17.9 Å². The van der Waals surface area contributed by atoms with Crippen LogP contribution < -0.4 is 10.1 Å². The van der Waals surface area contributed by atoms with E-state index in [-0.39, 0.29) is 18.3 Å². The molecule has 156 valence electrons. The average molecular weight is 484 g/mol. The van der Waals surface area contributed by atoms with Crippen molar-refractivity contribution in [1.82, 2.24) is 14.8 Å². The molecular formula is C20H17Cl3N4O2S. The van der Waals surface area contributed by atoms with Crippen molar-refractivity contribution in [1.29, 1.82) is 0 Å². The Labute approximate surface area is 193 Å². The lowest BCUT2D eigenvalue weighted by atomic mass is 10.3. The lowest BCUT2D eigenvalue weighted by Gasteiger charge is -2.11. The summed E-state index contributed by atoms with van der Waals surface area (Å²) in [6.07, 6.45) is 1.72. The van der Waals surface area contributed by atoms with E-state index in [4.69, 9.17) is 39.5 Å². The molecule has 0 spiro atoms. The molecule has 0 aliphatic carbocycles. The summed E-state index contributed by atoms with van der Waals surface area (Å²) in [6, 6.07) is 12.2. The predicted molar refractivity (Wildman–Crippen MR) is 122 cm³/mol. The van der Waals surface area contributed by atoms with Gasteiger partial charge in [0.05, 0.1) is 26.5 Å². The van der Waals surface area contributed by atoms with Crippen LogP contribution in [0.1, 0.15) is 5.82 Å². The second kappa shape index (κ2) is 10.7. The molecule has 0 bridgehead atoms. The smallest absolute Gasteiger partial charge is 0.234 e. The summed E-state index contributed by atoms with van der Waals surface area (Å²) in [4.78, 5) is 12.3. The number of amides is 1. The van der Waals surface area contributed by atoms with E-state index >= 15 is 0 Å². The number of carbonyl (C=O) groups is 1. The molecule has 1 N–H and O–H groups in total. The molecular weight excluding hydrogens is 467 g/mol. The fraction of sp³-hybridized carbons (Fsp3) is 0.150. The molecule has 0 atom stereocenters. The quantitative estimate of drug-likeness (QED) is 0.311. The highest BCUT2D eigenvalue weighted by molar-refractivity contribution is 7.99. The van der Waals surface area contributed by atoms with Gasteiger partial charge >= 0.3 is 0 Å². The highest BCUT2D eigenvalue weighted by atomic mass is 35.5. The van der Waals surface area contributed by atoms with Crippen LogP contribution in [0.2, 0.25) is 15.1 Å². The number of rotatable bonds is 9.